The first-order valence-electron chi connectivity index (χ1n) is 9.97. The number of aromatic hydroxyl groups is 1. The quantitative estimate of drug-likeness (QED) is 0.862. The Bertz CT molecular complexity index is 740. The minimum absolute atomic E-state index is 0.00839. The van der Waals surface area contributed by atoms with Crippen LogP contribution in [0.3, 0.4) is 0 Å². The molecule has 0 amide bonds. The van der Waals surface area contributed by atoms with Crippen molar-refractivity contribution in [3.8, 4) is 5.75 Å². The lowest BCUT2D eigenvalue weighted by atomic mass is 9.47. The molecule has 2 aliphatic carbocycles. The molecule has 142 valence electrons. The van der Waals surface area contributed by atoms with Crippen molar-refractivity contribution in [2.24, 2.45) is 11.3 Å². The van der Waals surface area contributed by atoms with E-state index in [1.165, 1.54) is 0 Å². The van der Waals surface area contributed by atoms with Gasteiger partial charge in [-0.25, -0.2) is 0 Å². The Balaban J connectivity index is 1.95. The van der Waals surface area contributed by atoms with Gasteiger partial charge in [0.15, 0.2) is 12.1 Å². The van der Waals surface area contributed by atoms with Gasteiger partial charge in [-0.2, -0.15) is 0 Å². The van der Waals surface area contributed by atoms with Gasteiger partial charge in [-0.1, -0.05) is 27.2 Å². The van der Waals surface area contributed by atoms with Crippen LogP contribution in [-0.4, -0.2) is 30.4 Å². The van der Waals surface area contributed by atoms with Gasteiger partial charge in [0.05, 0.1) is 12.0 Å². The van der Waals surface area contributed by atoms with Crippen LogP contribution in [0.4, 0.5) is 0 Å². The van der Waals surface area contributed by atoms with Crippen molar-refractivity contribution in [2.75, 3.05) is 13.2 Å². The molecule has 4 atom stereocenters. The second kappa shape index (κ2) is 6.07. The number of hydrogen-bond donors (Lipinski definition) is 1. The van der Waals surface area contributed by atoms with Crippen LogP contribution in [-0.2, 0) is 14.9 Å². The largest absolute Gasteiger partial charge is 0.508 e. The molecule has 4 unspecified atom stereocenters. The number of phenols is 1. The number of phenolic OH excluding ortho intramolecular Hbond substituents is 1. The van der Waals surface area contributed by atoms with Gasteiger partial charge in [-0.05, 0) is 60.3 Å². The summed E-state index contributed by atoms with van der Waals surface area (Å²) in [6.07, 6.45) is 3.33. The lowest BCUT2D eigenvalue weighted by Gasteiger charge is -2.61. The van der Waals surface area contributed by atoms with Crippen molar-refractivity contribution < 1.29 is 19.4 Å². The molecule has 4 heteroatoms. The van der Waals surface area contributed by atoms with Crippen LogP contribution in [0.25, 0.3) is 0 Å². The topological polar surface area (TPSA) is 55.8 Å². The van der Waals surface area contributed by atoms with Gasteiger partial charge in [0.25, 0.3) is 0 Å². The highest BCUT2D eigenvalue weighted by Crippen LogP contribution is 2.62. The van der Waals surface area contributed by atoms with Crippen molar-refractivity contribution >= 4 is 5.78 Å². The smallest absolute Gasteiger partial charge is 0.167 e. The lowest BCUT2D eigenvalue weighted by molar-refractivity contribution is -0.271. The Morgan fingerprint density at radius 2 is 2.12 bits per heavy atom. The van der Waals surface area contributed by atoms with Crippen LogP contribution in [0.15, 0.2) is 12.1 Å². The molecule has 2 fully saturated rings. The van der Waals surface area contributed by atoms with Crippen molar-refractivity contribution in [3.05, 3.63) is 28.8 Å². The third-order valence-electron chi connectivity index (χ3n) is 7.08. The summed E-state index contributed by atoms with van der Waals surface area (Å²) in [6.45, 7) is 9.55. The molecule has 26 heavy (non-hydrogen) atoms. The summed E-state index contributed by atoms with van der Waals surface area (Å²) in [5, 5.41) is 10.7. The van der Waals surface area contributed by atoms with Gasteiger partial charge >= 0.3 is 0 Å². The predicted octanol–water partition coefficient (Wildman–Crippen LogP) is 4.54. The molecule has 0 radical (unpaired) electrons. The monoisotopic (exact) mass is 358 g/mol. The summed E-state index contributed by atoms with van der Waals surface area (Å²) < 4.78 is 12.3. The number of benzene rings is 1. The Morgan fingerprint density at radius 1 is 1.35 bits per heavy atom. The molecule has 4 nitrogen and oxygen atoms in total. The Labute approximate surface area is 155 Å². The molecular weight excluding hydrogens is 328 g/mol. The van der Waals surface area contributed by atoms with E-state index >= 15 is 0 Å². The highest BCUT2D eigenvalue weighted by molar-refractivity contribution is 6.00. The summed E-state index contributed by atoms with van der Waals surface area (Å²) in [4.78, 5) is 13.1. The Kier molecular flexibility index (Phi) is 4.20. The fraction of sp³-hybridized carbons (Fsp3) is 0.682. The van der Waals surface area contributed by atoms with Crippen molar-refractivity contribution in [3.63, 3.8) is 0 Å². The van der Waals surface area contributed by atoms with E-state index in [0.29, 0.717) is 19.6 Å². The van der Waals surface area contributed by atoms with Gasteiger partial charge in [0.1, 0.15) is 5.75 Å². The van der Waals surface area contributed by atoms with Crippen LogP contribution >= 0.6 is 0 Å². The van der Waals surface area contributed by atoms with E-state index < -0.39 is 0 Å². The van der Waals surface area contributed by atoms with Crippen LogP contribution in [0.5, 0.6) is 5.75 Å². The molecule has 2 bridgehead atoms. The number of ether oxygens (including phenoxy) is 2. The number of Topliss-reactive ketones (excluding diaryl/α,β-unsaturated/α-hetero) is 1. The summed E-state index contributed by atoms with van der Waals surface area (Å²) in [5.74, 6) is 0.867. The second-order valence-corrected chi connectivity index (χ2v) is 8.94. The third kappa shape index (κ3) is 2.31. The first-order valence-corrected chi connectivity index (χ1v) is 9.97. The number of carbonyl (C=O) groups excluding carboxylic acids is 1. The summed E-state index contributed by atoms with van der Waals surface area (Å²) in [5.41, 5.74) is 2.21. The van der Waals surface area contributed by atoms with E-state index in [1.807, 2.05) is 32.9 Å². The van der Waals surface area contributed by atoms with Gasteiger partial charge in [0.2, 0.25) is 0 Å². The second-order valence-electron chi connectivity index (χ2n) is 8.94. The lowest BCUT2D eigenvalue weighted by Crippen LogP contribution is -2.64. The normalized spacial score (nSPS) is 36.0. The Hall–Kier alpha value is -1.39. The van der Waals surface area contributed by atoms with E-state index in [2.05, 4.69) is 6.92 Å². The van der Waals surface area contributed by atoms with E-state index in [0.717, 1.165) is 36.0 Å². The number of ketones is 1. The Morgan fingerprint density at radius 3 is 2.81 bits per heavy atom. The molecule has 1 aliphatic heterocycles. The standard InChI is InChI=1S/C22H30O4/c1-5-25-20-22-8-6-7-21(4,12-26-20)19(22)11-18(24)15-9-14(13(2)3)17(23)10-16(15)22/h9-10,13,19-20,23H,5-8,11-12H2,1-4H3. The molecule has 1 saturated heterocycles. The molecular formula is C22H30O4. The number of carbonyl (C=O) groups is 1. The van der Waals surface area contributed by atoms with Crippen molar-refractivity contribution in [1.29, 1.82) is 0 Å². The summed E-state index contributed by atoms with van der Waals surface area (Å²) in [7, 11) is 0. The molecule has 0 aromatic heterocycles. The van der Waals surface area contributed by atoms with Gasteiger partial charge in [-0.15, -0.1) is 0 Å². The SMILES string of the molecule is CCOC1OCC2(C)CCCC13c1cc(O)c(C(C)C)cc1C(=O)CC23. The van der Waals surface area contributed by atoms with E-state index in [-0.39, 0.29) is 40.5 Å². The number of fused-ring (bicyclic) bond motifs is 1. The van der Waals surface area contributed by atoms with Crippen molar-refractivity contribution in [1.82, 2.24) is 0 Å². The van der Waals surface area contributed by atoms with Crippen LogP contribution in [0.1, 0.15) is 80.8 Å². The predicted molar refractivity (Wildman–Crippen MR) is 99.6 cm³/mol. The maximum atomic E-state index is 13.1. The molecule has 1 aromatic carbocycles. The minimum atomic E-state index is -0.345. The average Bonchev–Trinajstić information content (AvgIpc) is 2.58. The zero-order chi connectivity index (χ0) is 18.7. The van der Waals surface area contributed by atoms with Crippen LogP contribution in [0, 0.1) is 11.3 Å². The maximum Gasteiger partial charge on any atom is 0.167 e. The van der Waals surface area contributed by atoms with Crippen LogP contribution in [0.2, 0.25) is 0 Å². The molecule has 3 aliphatic rings. The first kappa shape index (κ1) is 18.0. The highest BCUT2D eigenvalue weighted by atomic mass is 16.7. The van der Waals surface area contributed by atoms with E-state index in [1.54, 1.807) is 0 Å². The number of hydrogen-bond acceptors (Lipinski definition) is 4. The van der Waals surface area contributed by atoms with Gasteiger partial charge in [0, 0.05) is 18.6 Å². The van der Waals surface area contributed by atoms with E-state index in [4.69, 9.17) is 9.47 Å². The molecule has 1 N–H and O–H groups in total. The van der Waals surface area contributed by atoms with E-state index in [9.17, 15) is 9.90 Å². The van der Waals surface area contributed by atoms with Crippen LogP contribution < -0.4 is 0 Å². The number of rotatable bonds is 3. The van der Waals surface area contributed by atoms with Gasteiger partial charge in [-0.3, -0.25) is 4.79 Å². The first-order chi connectivity index (χ1) is 12.3. The average molecular weight is 358 g/mol. The molecule has 0 spiro atoms. The van der Waals surface area contributed by atoms with Crippen molar-refractivity contribution in [2.45, 2.75) is 71.0 Å². The maximum absolute atomic E-state index is 13.1. The zero-order valence-corrected chi connectivity index (χ0v) is 16.3. The van der Waals surface area contributed by atoms with Gasteiger partial charge < -0.3 is 14.6 Å². The molecule has 4 rings (SSSR count). The fourth-order valence-electron chi connectivity index (χ4n) is 5.83. The zero-order valence-electron chi connectivity index (χ0n) is 16.3. The molecule has 1 aromatic rings. The highest BCUT2D eigenvalue weighted by Gasteiger charge is 2.63. The molecule has 1 saturated carbocycles. The summed E-state index contributed by atoms with van der Waals surface area (Å²) in [6, 6.07) is 3.77. The third-order valence-corrected chi connectivity index (χ3v) is 7.08. The minimum Gasteiger partial charge on any atom is -0.508 e. The fourth-order valence-corrected chi connectivity index (χ4v) is 5.83. The summed E-state index contributed by atoms with van der Waals surface area (Å²) >= 11 is 0. The molecule has 1 heterocycles.